The number of aliphatic hydroxyl groups excluding tert-OH is 1. The van der Waals surface area contributed by atoms with Crippen LogP contribution in [0.15, 0.2) is 6.20 Å². The Morgan fingerprint density at radius 2 is 2.36 bits per heavy atom. The van der Waals surface area contributed by atoms with Gasteiger partial charge in [-0.05, 0) is 6.92 Å². The van der Waals surface area contributed by atoms with Crippen LogP contribution in [0, 0.1) is 0 Å². The van der Waals surface area contributed by atoms with Gasteiger partial charge in [0.2, 0.25) is 0 Å². The zero-order valence-electron chi connectivity index (χ0n) is 6.60. The van der Waals surface area contributed by atoms with Gasteiger partial charge in [0.1, 0.15) is 6.10 Å². The third kappa shape index (κ3) is 1.55. The summed E-state index contributed by atoms with van der Waals surface area (Å²) in [7, 11) is 1.72. The number of hydrogen-bond acceptors (Lipinski definition) is 4. The van der Waals surface area contributed by atoms with Gasteiger partial charge in [0.05, 0.1) is 11.9 Å². The standard InChI is InChI=1S/C6H12N4O/c1-4(7)6(11)5-3-8-9-10(5)2/h3-4,6,11H,7H2,1-2H3. The first-order chi connectivity index (χ1) is 5.13. The molecule has 0 radical (unpaired) electrons. The number of hydrogen-bond donors (Lipinski definition) is 2. The van der Waals surface area contributed by atoms with Gasteiger partial charge in [-0.1, -0.05) is 5.21 Å². The second kappa shape index (κ2) is 2.98. The summed E-state index contributed by atoms with van der Waals surface area (Å²) in [4.78, 5) is 0. The van der Waals surface area contributed by atoms with Crippen molar-refractivity contribution in [3.05, 3.63) is 11.9 Å². The Labute approximate surface area is 64.8 Å². The molecule has 5 heteroatoms. The van der Waals surface area contributed by atoms with E-state index in [2.05, 4.69) is 10.3 Å². The maximum Gasteiger partial charge on any atom is 0.112 e. The lowest BCUT2D eigenvalue weighted by Crippen LogP contribution is -2.26. The first-order valence-corrected chi connectivity index (χ1v) is 3.41. The molecule has 1 aromatic rings. The van der Waals surface area contributed by atoms with Gasteiger partial charge in [0, 0.05) is 13.1 Å². The van der Waals surface area contributed by atoms with Crippen molar-refractivity contribution in [1.82, 2.24) is 15.0 Å². The van der Waals surface area contributed by atoms with Crippen LogP contribution in [0.2, 0.25) is 0 Å². The zero-order chi connectivity index (χ0) is 8.43. The molecule has 0 saturated heterocycles. The zero-order valence-corrected chi connectivity index (χ0v) is 6.60. The Kier molecular flexibility index (Phi) is 2.21. The maximum absolute atomic E-state index is 9.44. The van der Waals surface area contributed by atoms with Crippen molar-refractivity contribution in [3.63, 3.8) is 0 Å². The summed E-state index contributed by atoms with van der Waals surface area (Å²) >= 11 is 0. The van der Waals surface area contributed by atoms with Gasteiger partial charge in [0.15, 0.2) is 0 Å². The molecule has 2 atom stereocenters. The molecule has 11 heavy (non-hydrogen) atoms. The molecular weight excluding hydrogens is 144 g/mol. The van der Waals surface area contributed by atoms with Crippen LogP contribution in [0.5, 0.6) is 0 Å². The van der Waals surface area contributed by atoms with E-state index in [0.29, 0.717) is 5.69 Å². The van der Waals surface area contributed by atoms with Crippen LogP contribution in [0.1, 0.15) is 18.7 Å². The van der Waals surface area contributed by atoms with Crippen molar-refractivity contribution < 1.29 is 5.11 Å². The van der Waals surface area contributed by atoms with Gasteiger partial charge in [-0.15, -0.1) is 5.10 Å². The molecule has 1 heterocycles. The molecule has 0 aromatic carbocycles. The van der Waals surface area contributed by atoms with Gasteiger partial charge in [-0.3, -0.25) is 0 Å². The number of nitrogens with two attached hydrogens (primary N) is 1. The molecule has 0 amide bonds. The number of aliphatic hydroxyl groups is 1. The molecule has 0 bridgehead atoms. The van der Waals surface area contributed by atoms with E-state index in [1.807, 2.05) is 0 Å². The predicted molar refractivity (Wildman–Crippen MR) is 39.6 cm³/mol. The van der Waals surface area contributed by atoms with Crippen LogP contribution in [0.4, 0.5) is 0 Å². The summed E-state index contributed by atoms with van der Waals surface area (Å²) in [5, 5.41) is 16.7. The first kappa shape index (κ1) is 8.16. The first-order valence-electron chi connectivity index (χ1n) is 3.41. The summed E-state index contributed by atoms with van der Waals surface area (Å²) in [5.41, 5.74) is 6.12. The molecule has 0 aliphatic rings. The van der Waals surface area contributed by atoms with Crippen LogP contribution < -0.4 is 5.73 Å². The smallest absolute Gasteiger partial charge is 0.112 e. The van der Waals surface area contributed by atoms with Crippen LogP contribution in [-0.2, 0) is 7.05 Å². The van der Waals surface area contributed by atoms with Crippen LogP contribution >= 0.6 is 0 Å². The molecule has 3 N–H and O–H groups in total. The molecule has 0 saturated carbocycles. The van der Waals surface area contributed by atoms with E-state index in [1.54, 1.807) is 14.0 Å². The van der Waals surface area contributed by atoms with E-state index in [0.717, 1.165) is 0 Å². The Bertz CT molecular complexity index is 232. The predicted octanol–water partition coefficient (Wildman–Crippen LogP) is -0.804. The third-order valence-electron chi connectivity index (χ3n) is 1.55. The average molecular weight is 156 g/mol. The lowest BCUT2D eigenvalue weighted by molar-refractivity contribution is 0.144. The largest absolute Gasteiger partial charge is 0.385 e. The molecule has 62 valence electrons. The fourth-order valence-electron chi connectivity index (χ4n) is 0.835. The summed E-state index contributed by atoms with van der Waals surface area (Å²) in [6, 6.07) is -0.299. The molecule has 0 aliphatic heterocycles. The molecule has 0 fully saturated rings. The maximum atomic E-state index is 9.44. The number of nitrogens with zero attached hydrogens (tertiary/aromatic N) is 3. The second-order valence-electron chi connectivity index (χ2n) is 2.59. The summed E-state index contributed by atoms with van der Waals surface area (Å²) in [6.45, 7) is 1.73. The summed E-state index contributed by atoms with van der Waals surface area (Å²) in [6.07, 6.45) is 0.823. The highest BCUT2D eigenvalue weighted by Gasteiger charge is 2.15. The minimum atomic E-state index is -0.685. The number of rotatable bonds is 2. The van der Waals surface area contributed by atoms with Gasteiger partial charge in [0.25, 0.3) is 0 Å². The second-order valence-corrected chi connectivity index (χ2v) is 2.59. The monoisotopic (exact) mass is 156 g/mol. The van der Waals surface area contributed by atoms with Crippen molar-refractivity contribution in [1.29, 1.82) is 0 Å². The fourth-order valence-corrected chi connectivity index (χ4v) is 0.835. The normalized spacial score (nSPS) is 16.4. The van der Waals surface area contributed by atoms with Crippen molar-refractivity contribution in [2.45, 2.75) is 19.1 Å². The van der Waals surface area contributed by atoms with Crippen LogP contribution in [-0.4, -0.2) is 26.1 Å². The Hall–Kier alpha value is -0.940. The van der Waals surface area contributed by atoms with Crippen LogP contribution in [0.3, 0.4) is 0 Å². The van der Waals surface area contributed by atoms with Crippen molar-refractivity contribution in [2.75, 3.05) is 0 Å². The third-order valence-corrected chi connectivity index (χ3v) is 1.55. The van der Waals surface area contributed by atoms with Crippen molar-refractivity contribution in [2.24, 2.45) is 12.8 Å². The number of aryl methyl sites for hydroxylation is 1. The minimum absolute atomic E-state index is 0.299. The quantitative estimate of drug-likeness (QED) is 0.587. The van der Waals surface area contributed by atoms with Gasteiger partial charge in [-0.2, -0.15) is 0 Å². The Balaban J connectivity index is 2.84. The van der Waals surface area contributed by atoms with E-state index in [1.165, 1.54) is 10.9 Å². The van der Waals surface area contributed by atoms with Gasteiger partial charge < -0.3 is 10.8 Å². The summed E-state index contributed by atoms with van der Waals surface area (Å²) < 4.78 is 1.51. The van der Waals surface area contributed by atoms with Crippen molar-refractivity contribution >= 4 is 0 Å². The fraction of sp³-hybridized carbons (Fsp3) is 0.667. The molecule has 0 spiro atoms. The summed E-state index contributed by atoms with van der Waals surface area (Å²) in [5.74, 6) is 0. The van der Waals surface area contributed by atoms with Crippen LogP contribution in [0.25, 0.3) is 0 Å². The molecule has 2 unspecified atom stereocenters. The van der Waals surface area contributed by atoms with Gasteiger partial charge >= 0.3 is 0 Å². The Morgan fingerprint density at radius 3 is 2.73 bits per heavy atom. The lowest BCUT2D eigenvalue weighted by atomic mass is 10.1. The van der Waals surface area contributed by atoms with Gasteiger partial charge in [-0.25, -0.2) is 4.68 Å². The molecular formula is C6H12N4O. The molecule has 1 rings (SSSR count). The van der Waals surface area contributed by atoms with E-state index >= 15 is 0 Å². The highest BCUT2D eigenvalue weighted by atomic mass is 16.3. The SMILES string of the molecule is CC(N)C(O)c1cnnn1C. The highest BCUT2D eigenvalue weighted by molar-refractivity contribution is 5.00. The molecule has 1 aromatic heterocycles. The van der Waals surface area contributed by atoms with E-state index in [-0.39, 0.29) is 6.04 Å². The highest BCUT2D eigenvalue weighted by Crippen LogP contribution is 2.11. The van der Waals surface area contributed by atoms with E-state index in [4.69, 9.17) is 5.73 Å². The Morgan fingerprint density at radius 1 is 1.73 bits per heavy atom. The lowest BCUT2D eigenvalue weighted by Gasteiger charge is -2.12. The van der Waals surface area contributed by atoms with Crippen molar-refractivity contribution in [3.8, 4) is 0 Å². The van der Waals surface area contributed by atoms with E-state index < -0.39 is 6.10 Å². The molecule has 0 aliphatic carbocycles. The number of aromatic nitrogens is 3. The topological polar surface area (TPSA) is 77.0 Å². The van der Waals surface area contributed by atoms with E-state index in [9.17, 15) is 5.11 Å². The minimum Gasteiger partial charge on any atom is -0.385 e. The average Bonchev–Trinajstić information content (AvgIpc) is 2.33. The molecule has 5 nitrogen and oxygen atoms in total.